The van der Waals surface area contributed by atoms with E-state index in [1.807, 2.05) is 24.5 Å². The predicted octanol–water partition coefficient (Wildman–Crippen LogP) is 4.98. The number of para-hydroxylation sites is 1. The molecule has 0 amide bonds. The lowest BCUT2D eigenvalue weighted by atomic mass is 10.2. The number of carboxylic acids is 1. The summed E-state index contributed by atoms with van der Waals surface area (Å²) in [6.45, 7) is 3.83. The molecule has 0 saturated heterocycles. The first kappa shape index (κ1) is 20.4. The number of carbonyl (C=O) groups is 2. The molecule has 0 aliphatic rings. The summed E-state index contributed by atoms with van der Waals surface area (Å²) in [6.07, 6.45) is 1.68. The normalized spacial score (nSPS) is 11.0. The fourth-order valence-electron chi connectivity index (χ4n) is 3.14. The van der Waals surface area contributed by atoms with Crippen LogP contribution < -0.4 is 0 Å². The van der Waals surface area contributed by atoms with Crippen LogP contribution in [0.15, 0.2) is 53.5 Å². The van der Waals surface area contributed by atoms with Crippen molar-refractivity contribution in [1.82, 2.24) is 4.57 Å². The van der Waals surface area contributed by atoms with E-state index in [1.54, 1.807) is 42.6 Å². The van der Waals surface area contributed by atoms with Crippen molar-refractivity contribution in [2.75, 3.05) is 7.11 Å². The van der Waals surface area contributed by atoms with E-state index >= 15 is 0 Å². The molecule has 3 rings (SSSR count). The van der Waals surface area contributed by atoms with Crippen molar-refractivity contribution in [3.8, 4) is 5.69 Å². The van der Waals surface area contributed by atoms with E-state index in [4.69, 9.17) is 16.3 Å². The molecule has 29 heavy (non-hydrogen) atoms. The molecule has 3 aromatic rings. The maximum Gasteiger partial charge on any atom is 0.340 e. The predicted molar refractivity (Wildman–Crippen MR) is 112 cm³/mol. The van der Waals surface area contributed by atoms with Crippen molar-refractivity contribution in [3.05, 3.63) is 81.6 Å². The van der Waals surface area contributed by atoms with Gasteiger partial charge in [0.15, 0.2) is 0 Å². The molecule has 0 radical (unpaired) electrons. The number of hydrogen-bond donors (Lipinski definition) is 1. The zero-order valence-electron chi connectivity index (χ0n) is 16.1. The second-order valence-corrected chi connectivity index (χ2v) is 6.81. The molecule has 0 bridgehead atoms. The third kappa shape index (κ3) is 4.07. The Bertz CT molecular complexity index is 1130. The van der Waals surface area contributed by atoms with Gasteiger partial charge in [-0.2, -0.15) is 0 Å². The number of hydrogen-bond acceptors (Lipinski definition) is 4. The summed E-state index contributed by atoms with van der Waals surface area (Å²) in [5, 5.41) is 9.51. The van der Waals surface area contributed by atoms with Gasteiger partial charge in [0, 0.05) is 28.9 Å². The first-order chi connectivity index (χ1) is 13.8. The molecule has 148 valence electrons. The van der Waals surface area contributed by atoms with Gasteiger partial charge in [0.25, 0.3) is 0 Å². The molecule has 0 saturated carbocycles. The Morgan fingerprint density at radius 1 is 1.10 bits per heavy atom. The number of nitrogens with zero attached hydrogens (tertiary/aromatic N) is 2. The number of rotatable bonds is 5. The SMILES string of the molecule is COC(=O)c1ccccc1N=Cc1cc(C)n(-c2ccc(Cl)c(C(=O)O)c2)c1C. The summed E-state index contributed by atoms with van der Waals surface area (Å²) in [5.41, 5.74) is 4.24. The molecule has 2 aromatic carbocycles. The summed E-state index contributed by atoms with van der Waals surface area (Å²) in [7, 11) is 1.33. The highest BCUT2D eigenvalue weighted by molar-refractivity contribution is 6.33. The maximum atomic E-state index is 11.9. The molecule has 7 heteroatoms. The van der Waals surface area contributed by atoms with Gasteiger partial charge < -0.3 is 14.4 Å². The average Bonchev–Trinajstić information content (AvgIpc) is 2.99. The molecule has 0 fully saturated rings. The molecule has 0 atom stereocenters. The van der Waals surface area contributed by atoms with Gasteiger partial charge in [0.1, 0.15) is 0 Å². The standard InChI is InChI=1S/C22H19ClN2O4/c1-13-10-15(12-24-20-7-5-4-6-17(20)22(28)29-3)14(2)25(13)16-8-9-19(23)18(11-16)21(26)27/h4-12H,1-3H3,(H,26,27). The molecule has 0 aliphatic heterocycles. The van der Waals surface area contributed by atoms with Crippen molar-refractivity contribution in [1.29, 1.82) is 0 Å². The van der Waals surface area contributed by atoms with Crippen LogP contribution in [-0.4, -0.2) is 34.9 Å². The lowest BCUT2D eigenvalue weighted by Gasteiger charge is -2.11. The minimum atomic E-state index is -1.08. The number of ether oxygens (including phenoxy) is 1. The second-order valence-electron chi connectivity index (χ2n) is 6.40. The van der Waals surface area contributed by atoms with Gasteiger partial charge >= 0.3 is 11.9 Å². The van der Waals surface area contributed by atoms with E-state index in [1.165, 1.54) is 13.2 Å². The molecule has 0 aliphatic carbocycles. The molecule has 1 aromatic heterocycles. The number of aliphatic imine (C=N–C) groups is 1. The van der Waals surface area contributed by atoms with Crippen LogP contribution in [0, 0.1) is 13.8 Å². The molecular weight excluding hydrogens is 392 g/mol. The van der Waals surface area contributed by atoms with Gasteiger partial charge in [0.05, 0.1) is 28.9 Å². The highest BCUT2D eigenvalue weighted by atomic mass is 35.5. The first-order valence-electron chi connectivity index (χ1n) is 8.77. The summed E-state index contributed by atoms with van der Waals surface area (Å²) in [6, 6.07) is 13.7. The zero-order chi connectivity index (χ0) is 21.1. The van der Waals surface area contributed by atoms with Gasteiger partial charge in [-0.05, 0) is 50.2 Å². The van der Waals surface area contributed by atoms with Crippen LogP contribution in [0.5, 0.6) is 0 Å². The molecule has 1 N–H and O–H groups in total. The van der Waals surface area contributed by atoms with Crippen LogP contribution in [0.4, 0.5) is 5.69 Å². The third-order valence-electron chi connectivity index (χ3n) is 4.56. The van der Waals surface area contributed by atoms with Crippen LogP contribution in [0.1, 0.15) is 37.7 Å². The number of carboxylic acid groups (broad SMARTS) is 1. The Morgan fingerprint density at radius 2 is 1.83 bits per heavy atom. The molecular formula is C22H19ClN2O4. The largest absolute Gasteiger partial charge is 0.478 e. The first-order valence-corrected chi connectivity index (χ1v) is 9.15. The van der Waals surface area contributed by atoms with E-state index in [0.717, 1.165) is 17.0 Å². The molecule has 0 spiro atoms. The number of methoxy groups -OCH3 is 1. The van der Waals surface area contributed by atoms with Gasteiger partial charge in [0.2, 0.25) is 0 Å². The summed E-state index contributed by atoms with van der Waals surface area (Å²) < 4.78 is 6.73. The lowest BCUT2D eigenvalue weighted by Crippen LogP contribution is -2.04. The quantitative estimate of drug-likeness (QED) is 0.475. The van der Waals surface area contributed by atoms with Crippen LogP contribution >= 0.6 is 11.6 Å². The number of aryl methyl sites for hydroxylation is 1. The topological polar surface area (TPSA) is 80.9 Å². The summed E-state index contributed by atoms with van der Waals surface area (Å²) in [5.74, 6) is -1.54. The van der Waals surface area contributed by atoms with Crippen molar-refractivity contribution >= 4 is 35.4 Å². The highest BCUT2D eigenvalue weighted by Crippen LogP contribution is 2.25. The fourth-order valence-corrected chi connectivity index (χ4v) is 3.34. The van der Waals surface area contributed by atoms with Crippen LogP contribution in [0.2, 0.25) is 5.02 Å². The van der Waals surface area contributed by atoms with Gasteiger partial charge in [-0.3, -0.25) is 4.99 Å². The van der Waals surface area contributed by atoms with Crippen molar-refractivity contribution < 1.29 is 19.4 Å². The van der Waals surface area contributed by atoms with Crippen molar-refractivity contribution in [2.24, 2.45) is 4.99 Å². The second kappa shape index (κ2) is 8.32. The lowest BCUT2D eigenvalue weighted by molar-refractivity contribution is 0.0600. The Kier molecular flexibility index (Phi) is 5.84. The minimum Gasteiger partial charge on any atom is -0.478 e. The Labute approximate surface area is 173 Å². The zero-order valence-corrected chi connectivity index (χ0v) is 16.9. The van der Waals surface area contributed by atoms with Gasteiger partial charge in [-0.1, -0.05) is 23.7 Å². The Morgan fingerprint density at radius 3 is 2.52 bits per heavy atom. The smallest absolute Gasteiger partial charge is 0.340 e. The number of esters is 1. The van der Waals surface area contributed by atoms with Crippen molar-refractivity contribution in [3.63, 3.8) is 0 Å². The Balaban J connectivity index is 2.02. The number of aromatic carboxylic acids is 1. The van der Waals surface area contributed by atoms with Gasteiger partial charge in [-0.25, -0.2) is 9.59 Å². The van der Waals surface area contributed by atoms with Crippen LogP contribution in [0.3, 0.4) is 0 Å². The third-order valence-corrected chi connectivity index (χ3v) is 4.89. The van der Waals surface area contributed by atoms with E-state index in [0.29, 0.717) is 16.9 Å². The maximum absolute atomic E-state index is 11.9. The summed E-state index contributed by atoms with van der Waals surface area (Å²) in [4.78, 5) is 27.8. The van der Waals surface area contributed by atoms with Gasteiger partial charge in [-0.15, -0.1) is 0 Å². The number of carbonyl (C=O) groups excluding carboxylic acids is 1. The minimum absolute atomic E-state index is 0.0406. The van der Waals surface area contributed by atoms with E-state index in [9.17, 15) is 14.7 Å². The fraction of sp³-hybridized carbons (Fsp3) is 0.136. The van der Waals surface area contributed by atoms with Crippen LogP contribution in [-0.2, 0) is 4.74 Å². The average molecular weight is 411 g/mol. The monoisotopic (exact) mass is 410 g/mol. The number of aromatic nitrogens is 1. The molecule has 6 nitrogen and oxygen atoms in total. The molecule has 0 unspecified atom stereocenters. The van der Waals surface area contributed by atoms with Crippen LogP contribution in [0.25, 0.3) is 5.69 Å². The number of benzene rings is 2. The molecule has 1 heterocycles. The highest BCUT2D eigenvalue weighted by Gasteiger charge is 2.15. The summed E-state index contributed by atoms with van der Waals surface area (Å²) >= 11 is 5.98. The van der Waals surface area contributed by atoms with E-state index in [2.05, 4.69) is 4.99 Å². The number of halogens is 1. The Hall–Kier alpha value is -3.38. The van der Waals surface area contributed by atoms with Crippen molar-refractivity contribution in [2.45, 2.75) is 13.8 Å². The van der Waals surface area contributed by atoms with E-state index in [-0.39, 0.29) is 10.6 Å². The van der Waals surface area contributed by atoms with E-state index < -0.39 is 11.9 Å².